The molecule has 3 heterocycles. The predicted molar refractivity (Wildman–Crippen MR) is 141 cm³/mol. The molecule has 0 saturated carbocycles. The maximum atomic E-state index is 6.27. The summed E-state index contributed by atoms with van der Waals surface area (Å²) in [7, 11) is 2.27. The summed E-state index contributed by atoms with van der Waals surface area (Å²) in [6.45, 7) is 2.27. The Morgan fingerprint density at radius 1 is 1.09 bits per heavy atom. The van der Waals surface area contributed by atoms with Gasteiger partial charge < -0.3 is 15.2 Å². The summed E-state index contributed by atoms with van der Waals surface area (Å²) in [6.07, 6.45) is 6.05. The Bertz CT molecular complexity index is 1220. The summed E-state index contributed by atoms with van der Waals surface area (Å²) in [5.74, 6) is 0.580. The molecule has 0 spiro atoms. The molecular weight excluding hydrogens is 424 g/mol. The van der Waals surface area contributed by atoms with E-state index in [4.69, 9.17) is 10.7 Å². The summed E-state index contributed by atoms with van der Waals surface area (Å²) in [5.41, 5.74) is 11.1. The lowest BCUT2D eigenvalue weighted by molar-refractivity contribution is 0.288. The SMILES string of the molecule is CN1CCCC1CCCn1c(Cc2ccccc2)cc2ccc(N=C(N)c3cccs3)cc21. The lowest BCUT2D eigenvalue weighted by atomic mass is 10.1. The standard InChI is InChI=1S/C28H32N4S/c1-31-15-5-10-24(31)11-6-16-32-25(18-21-8-3-2-4-9-21)19-22-13-14-23(20-26(22)32)30-28(29)27-12-7-17-33-27/h2-4,7-9,12-14,17,19-20,24H,5-6,10-11,15-16,18H2,1H3,(H2,29,30). The number of hydrogen-bond acceptors (Lipinski definition) is 3. The van der Waals surface area contributed by atoms with Crippen LogP contribution in [0.15, 0.2) is 77.1 Å². The van der Waals surface area contributed by atoms with Crippen molar-refractivity contribution in [2.45, 2.75) is 44.7 Å². The molecule has 1 aliphatic rings. The summed E-state index contributed by atoms with van der Waals surface area (Å²) in [6, 6.07) is 24.3. The molecule has 5 heteroatoms. The first-order valence-corrected chi connectivity index (χ1v) is 12.8. The second kappa shape index (κ2) is 9.94. The number of aliphatic imine (C=N–C) groups is 1. The molecule has 1 aliphatic heterocycles. The van der Waals surface area contributed by atoms with Gasteiger partial charge in [0.15, 0.2) is 0 Å². The minimum atomic E-state index is 0.580. The molecule has 2 aromatic heterocycles. The first kappa shape index (κ1) is 21.9. The molecule has 4 aromatic rings. The van der Waals surface area contributed by atoms with E-state index in [9.17, 15) is 0 Å². The van der Waals surface area contributed by atoms with Crippen LogP contribution < -0.4 is 5.73 Å². The van der Waals surface area contributed by atoms with Crippen molar-refractivity contribution < 1.29 is 0 Å². The van der Waals surface area contributed by atoms with Crippen LogP contribution in [-0.4, -0.2) is 34.9 Å². The van der Waals surface area contributed by atoms with Gasteiger partial charge in [0.25, 0.3) is 0 Å². The van der Waals surface area contributed by atoms with Gasteiger partial charge in [-0.15, -0.1) is 11.3 Å². The number of rotatable bonds is 8. The Balaban J connectivity index is 1.45. The molecule has 0 bridgehead atoms. The molecule has 4 nitrogen and oxygen atoms in total. The number of aromatic nitrogens is 1. The van der Waals surface area contributed by atoms with Crippen molar-refractivity contribution in [1.82, 2.24) is 9.47 Å². The third kappa shape index (κ3) is 5.05. The number of fused-ring (bicyclic) bond motifs is 1. The maximum Gasteiger partial charge on any atom is 0.141 e. The van der Waals surface area contributed by atoms with Crippen LogP contribution in [0.2, 0.25) is 0 Å². The van der Waals surface area contributed by atoms with Gasteiger partial charge in [0.2, 0.25) is 0 Å². The summed E-state index contributed by atoms with van der Waals surface area (Å²) in [4.78, 5) is 8.26. The average molecular weight is 457 g/mol. The average Bonchev–Trinajstić information content (AvgIpc) is 3.56. The van der Waals surface area contributed by atoms with Gasteiger partial charge in [-0.2, -0.15) is 0 Å². The van der Waals surface area contributed by atoms with Crippen molar-refractivity contribution in [3.05, 3.63) is 88.2 Å². The molecule has 33 heavy (non-hydrogen) atoms. The van der Waals surface area contributed by atoms with Crippen LogP contribution >= 0.6 is 11.3 Å². The molecule has 1 atom stereocenters. The van der Waals surface area contributed by atoms with Crippen LogP contribution in [0, 0.1) is 0 Å². The molecule has 1 unspecified atom stereocenters. The Morgan fingerprint density at radius 2 is 1.97 bits per heavy atom. The Morgan fingerprint density at radius 3 is 2.73 bits per heavy atom. The van der Waals surface area contributed by atoms with Crippen LogP contribution in [-0.2, 0) is 13.0 Å². The minimum absolute atomic E-state index is 0.580. The molecule has 0 radical (unpaired) electrons. The highest BCUT2D eigenvalue weighted by molar-refractivity contribution is 7.12. The zero-order valence-corrected chi connectivity index (χ0v) is 20.1. The van der Waals surface area contributed by atoms with Crippen molar-refractivity contribution in [3.8, 4) is 0 Å². The number of benzene rings is 2. The van der Waals surface area contributed by atoms with Crippen molar-refractivity contribution in [2.24, 2.45) is 10.7 Å². The number of aryl methyl sites for hydroxylation is 1. The lowest BCUT2D eigenvalue weighted by Gasteiger charge is -2.20. The van der Waals surface area contributed by atoms with E-state index in [-0.39, 0.29) is 0 Å². The van der Waals surface area contributed by atoms with E-state index in [1.165, 1.54) is 54.4 Å². The summed E-state index contributed by atoms with van der Waals surface area (Å²) >= 11 is 1.62. The van der Waals surface area contributed by atoms with Gasteiger partial charge >= 0.3 is 0 Å². The highest BCUT2D eigenvalue weighted by atomic mass is 32.1. The van der Waals surface area contributed by atoms with Gasteiger partial charge in [-0.3, -0.25) is 0 Å². The smallest absolute Gasteiger partial charge is 0.141 e. The summed E-state index contributed by atoms with van der Waals surface area (Å²) in [5, 5.41) is 3.30. The van der Waals surface area contributed by atoms with E-state index >= 15 is 0 Å². The largest absolute Gasteiger partial charge is 0.383 e. The number of thiophene rings is 1. The number of hydrogen-bond donors (Lipinski definition) is 1. The van der Waals surface area contributed by atoms with Gasteiger partial charge in [0.05, 0.1) is 16.1 Å². The number of likely N-dealkylation sites (tertiary alicyclic amines) is 1. The Labute approximate surface area is 200 Å². The molecule has 0 aliphatic carbocycles. The topological polar surface area (TPSA) is 46.5 Å². The second-order valence-corrected chi connectivity index (χ2v) is 10.0. The fraction of sp³-hybridized carbons (Fsp3) is 0.321. The highest BCUT2D eigenvalue weighted by Gasteiger charge is 2.20. The van der Waals surface area contributed by atoms with Crippen LogP contribution in [0.3, 0.4) is 0 Å². The quantitative estimate of drug-likeness (QED) is 0.253. The van der Waals surface area contributed by atoms with Gasteiger partial charge in [-0.05, 0) is 74.5 Å². The first-order chi connectivity index (χ1) is 16.2. The molecule has 1 saturated heterocycles. The normalized spacial score (nSPS) is 17.2. The molecule has 2 aromatic carbocycles. The van der Waals surface area contributed by atoms with E-state index < -0.39 is 0 Å². The highest BCUT2D eigenvalue weighted by Crippen LogP contribution is 2.28. The van der Waals surface area contributed by atoms with Crippen LogP contribution in [0.4, 0.5) is 5.69 Å². The zero-order chi connectivity index (χ0) is 22.6. The van der Waals surface area contributed by atoms with Gasteiger partial charge in [0.1, 0.15) is 5.84 Å². The third-order valence-corrected chi connectivity index (χ3v) is 7.71. The second-order valence-electron chi connectivity index (χ2n) is 9.09. The molecule has 5 rings (SSSR count). The first-order valence-electron chi connectivity index (χ1n) is 11.9. The van der Waals surface area contributed by atoms with Gasteiger partial charge in [0, 0.05) is 30.1 Å². The van der Waals surface area contributed by atoms with Crippen molar-refractivity contribution >= 4 is 33.8 Å². The van der Waals surface area contributed by atoms with E-state index in [1.54, 1.807) is 11.3 Å². The number of nitrogens with zero attached hydrogens (tertiary/aromatic N) is 3. The summed E-state index contributed by atoms with van der Waals surface area (Å²) < 4.78 is 2.51. The Hall–Kier alpha value is -2.89. The van der Waals surface area contributed by atoms with Gasteiger partial charge in [-0.25, -0.2) is 4.99 Å². The van der Waals surface area contributed by atoms with E-state index in [0.717, 1.165) is 29.6 Å². The van der Waals surface area contributed by atoms with E-state index in [1.807, 2.05) is 17.5 Å². The fourth-order valence-electron chi connectivity index (χ4n) is 5.03. The van der Waals surface area contributed by atoms with Crippen molar-refractivity contribution in [3.63, 3.8) is 0 Å². The number of amidine groups is 1. The van der Waals surface area contributed by atoms with Crippen molar-refractivity contribution in [2.75, 3.05) is 13.6 Å². The molecular formula is C28H32N4S. The van der Waals surface area contributed by atoms with Crippen molar-refractivity contribution in [1.29, 1.82) is 0 Å². The predicted octanol–water partition coefficient (Wildman–Crippen LogP) is 6.21. The number of nitrogens with two attached hydrogens (primary N) is 1. The van der Waals surface area contributed by atoms with Gasteiger partial charge in [-0.1, -0.05) is 42.5 Å². The lowest BCUT2D eigenvalue weighted by Crippen LogP contribution is -2.25. The molecule has 1 fully saturated rings. The molecule has 2 N–H and O–H groups in total. The fourth-order valence-corrected chi connectivity index (χ4v) is 5.66. The van der Waals surface area contributed by atoms with Crippen LogP contribution in [0.25, 0.3) is 10.9 Å². The molecule has 0 amide bonds. The van der Waals surface area contributed by atoms with E-state index in [0.29, 0.717) is 5.84 Å². The minimum Gasteiger partial charge on any atom is -0.383 e. The van der Waals surface area contributed by atoms with E-state index in [2.05, 4.69) is 71.1 Å². The molecule has 170 valence electrons. The van der Waals surface area contributed by atoms with Crippen LogP contribution in [0.1, 0.15) is 41.8 Å². The zero-order valence-electron chi connectivity index (χ0n) is 19.3. The monoisotopic (exact) mass is 456 g/mol. The Kier molecular flexibility index (Phi) is 6.60. The maximum absolute atomic E-state index is 6.27. The third-order valence-electron chi connectivity index (χ3n) is 6.82. The van der Waals surface area contributed by atoms with Crippen LogP contribution in [0.5, 0.6) is 0 Å².